The fourth-order valence-corrected chi connectivity index (χ4v) is 4.33. The Morgan fingerprint density at radius 1 is 1.12 bits per heavy atom. The lowest BCUT2D eigenvalue weighted by Crippen LogP contribution is -2.15. The standard InChI is InChI=1S/C23H24N4O4S/c1-27-20(13-31-19-10-9-15-5-2-3-6-16(15)12-19)25-26-23(27)32-14-21(28)24-18-8-4-7-17(11-18)22(29)30/h4,7-12H,2-3,5-6,13-14H2,1H3,(H,24,28)(H,29,30). The molecule has 0 unspecified atom stereocenters. The predicted octanol–water partition coefficient (Wildman–Crippen LogP) is 3.70. The van der Waals surface area contributed by atoms with Gasteiger partial charge in [-0.1, -0.05) is 23.9 Å². The van der Waals surface area contributed by atoms with Crippen molar-refractivity contribution in [3.63, 3.8) is 0 Å². The molecule has 1 heterocycles. The maximum absolute atomic E-state index is 12.3. The molecule has 1 aliphatic rings. The number of carbonyl (C=O) groups is 2. The number of benzene rings is 2. The number of carbonyl (C=O) groups excluding carboxylic acids is 1. The fourth-order valence-electron chi connectivity index (χ4n) is 3.60. The average Bonchev–Trinajstić information content (AvgIpc) is 3.15. The minimum Gasteiger partial charge on any atom is -0.486 e. The predicted molar refractivity (Wildman–Crippen MR) is 121 cm³/mol. The lowest BCUT2D eigenvalue weighted by molar-refractivity contribution is -0.113. The number of aryl methyl sites for hydroxylation is 2. The van der Waals surface area contributed by atoms with Crippen LogP contribution in [0.25, 0.3) is 0 Å². The minimum atomic E-state index is -1.04. The number of anilines is 1. The smallest absolute Gasteiger partial charge is 0.335 e. The monoisotopic (exact) mass is 452 g/mol. The number of ether oxygens (including phenoxy) is 1. The molecule has 2 N–H and O–H groups in total. The molecule has 1 amide bonds. The van der Waals surface area contributed by atoms with Gasteiger partial charge in [-0.05, 0) is 67.1 Å². The Bertz CT molecular complexity index is 1140. The first-order valence-electron chi connectivity index (χ1n) is 10.4. The maximum Gasteiger partial charge on any atom is 0.335 e. The number of carboxylic acid groups (broad SMARTS) is 1. The number of nitrogens with zero attached hydrogens (tertiary/aromatic N) is 3. The number of thioether (sulfide) groups is 1. The molecule has 0 aliphatic heterocycles. The summed E-state index contributed by atoms with van der Waals surface area (Å²) in [6.07, 6.45) is 4.70. The molecule has 0 saturated carbocycles. The quantitative estimate of drug-likeness (QED) is 0.502. The molecular formula is C23H24N4O4S. The Kier molecular flexibility index (Phi) is 6.75. The van der Waals surface area contributed by atoms with Crippen LogP contribution in [0.3, 0.4) is 0 Å². The number of hydrogen-bond acceptors (Lipinski definition) is 6. The van der Waals surface area contributed by atoms with Crippen molar-refractivity contribution < 1.29 is 19.4 Å². The second-order valence-electron chi connectivity index (χ2n) is 7.61. The van der Waals surface area contributed by atoms with E-state index in [4.69, 9.17) is 9.84 Å². The molecule has 0 radical (unpaired) electrons. The zero-order chi connectivity index (χ0) is 22.5. The van der Waals surface area contributed by atoms with Crippen LogP contribution in [0.1, 0.15) is 40.2 Å². The Labute approximate surface area is 190 Å². The van der Waals surface area contributed by atoms with Crippen LogP contribution in [0.4, 0.5) is 5.69 Å². The lowest BCUT2D eigenvalue weighted by Gasteiger charge is -2.16. The van der Waals surface area contributed by atoms with Gasteiger partial charge < -0.3 is 19.7 Å². The van der Waals surface area contributed by atoms with E-state index in [0.29, 0.717) is 16.7 Å². The summed E-state index contributed by atoms with van der Waals surface area (Å²) in [5, 5.41) is 20.7. The highest BCUT2D eigenvalue weighted by molar-refractivity contribution is 7.99. The Morgan fingerprint density at radius 2 is 1.94 bits per heavy atom. The van der Waals surface area contributed by atoms with Gasteiger partial charge in [0.05, 0.1) is 11.3 Å². The molecule has 9 heteroatoms. The van der Waals surface area contributed by atoms with Gasteiger partial charge in [0.1, 0.15) is 12.4 Å². The van der Waals surface area contributed by atoms with Gasteiger partial charge in [0.25, 0.3) is 0 Å². The summed E-state index contributed by atoms with van der Waals surface area (Å²) in [6, 6.07) is 12.4. The van der Waals surface area contributed by atoms with Crippen molar-refractivity contribution in [3.8, 4) is 5.75 Å². The van der Waals surface area contributed by atoms with Gasteiger partial charge in [-0.25, -0.2) is 4.79 Å². The number of amides is 1. The van der Waals surface area contributed by atoms with E-state index in [1.54, 1.807) is 16.7 Å². The zero-order valence-corrected chi connectivity index (χ0v) is 18.5. The van der Waals surface area contributed by atoms with Crippen LogP contribution in [-0.4, -0.2) is 37.5 Å². The normalized spacial score (nSPS) is 12.8. The molecule has 1 aromatic heterocycles. The van der Waals surface area contributed by atoms with E-state index in [1.807, 2.05) is 13.1 Å². The summed E-state index contributed by atoms with van der Waals surface area (Å²) in [5.41, 5.74) is 3.33. The van der Waals surface area contributed by atoms with Gasteiger partial charge in [0, 0.05) is 12.7 Å². The summed E-state index contributed by atoms with van der Waals surface area (Å²) in [5.74, 6) is 0.312. The molecular weight excluding hydrogens is 428 g/mol. The fraction of sp³-hybridized carbons (Fsp3) is 0.304. The second-order valence-corrected chi connectivity index (χ2v) is 8.55. The molecule has 8 nitrogen and oxygen atoms in total. The summed E-state index contributed by atoms with van der Waals surface area (Å²) >= 11 is 1.25. The van der Waals surface area contributed by atoms with Gasteiger partial charge in [0.2, 0.25) is 5.91 Å². The van der Waals surface area contributed by atoms with Crippen LogP contribution in [0.5, 0.6) is 5.75 Å². The van der Waals surface area contributed by atoms with E-state index in [1.165, 1.54) is 47.9 Å². The number of rotatable bonds is 8. The van der Waals surface area contributed by atoms with Crippen molar-refractivity contribution in [2.75, 3.05) is 11.1 Å². The van der Waals surface area contributed by atoms with E-state index in [-0.39, 0.29) is 23.8 Å². The summed E-state index contributed by atoms with van der Waals surface area (Å²) < 4.78 is 7.73. The van der Waals surface area contributed by atoms with Crippen molar-refractivity contribution in [2.24, 2.45) is 7.05 Å². The average molecular weight is 453 g/mol. The summed E-state index contributed by atoms with van der Waals surface area (Å²) in [4.78, 5) is 23.3. The van der Waals surface area contributed by atoms with E-state index in [9.17, 15) is 9.59 Å². The van der Waals surface area contributed by atoms with Gasteiger partial charge in [-0.3, -0.25) is 4.79 Å². The van der Waals surface area contributed by atoms with Crippen LogP contribution < -0.4 is 10.1 Å². The van der Waals surface area contributed by atoms with Crippen molar-refractivity contribution in [1.29, 1.82) is 0 Å². The molecule has 0 atom stereocenters. The summed E-state index contributed by atoms with van der Waals surface area (Å²) in [6.45, 7) is 0.289. The van der Waals surface area contributed by atoms with Crippen LogP contribution in [0.2, 0.25) is 0 Å². The number of nitrogens with one attached hydrogen (secondary N) is 1. The van der Waals surface area contributed by atoms with Crippen LogP contribution in [0.15, 0.2) is 47.6 Å². The Balaban J connectivity index is 1.30. The highest BCUT2D eigenvalue weighted by Gasteiger charge is 2.14. The number of aromatic nitrogens is 3. The van der Waals surface area contributed by atoms with Gasteiger partial charge in [-0.2, -0.15) is 0 Å². The van der Waals surface area contributed by atoms with Crippen molar-refractivity contribution in [1.82, 2.24) is 14.8 Å². The van der Waals surface area contributed by atoms with Crippen LogP contribution in [0, 0.1) is 0 Å². The Hall–Kier alpha value is -3.33. The van der Waals surface area contributed by atoms with Gasteiger partial charge in [-0.15, -0.1) is 10.2 Å². The maximum atomic E-state index is 12.3. The molecule has 166 valence electrons. The van der Waals surface area contributed by atoms with Crippen LogP contribution in [-0.2, 0) is 31.3 Å². The van der Waals surface area contributed by atoms with E-state index >= 15 is 0 Å². The molecule has 32 heavy (non-hydrogen) atoms. The second kappa shape index (κ2) is 9.86. The molecule has 0 bridgehead atoms. The van der Waals surface area contributed by atoms with Crippen molar-refractivity contribution >= 4 is 29.3 Å². The number of fused-ring (bicyclic) bond motifs is 1. The van der Waals surface area contributed by atoms with E-state index < -0.39 is 5.97 Å². The molecule has 0 spiro atoms. The molecule has 4 rings (SSSR count). The van der Waals surface area contributed by atoms with Crippen molar-refractivity contribution in [2.45, 2.75) is 37.4 Å². The lowest BCUT2D eigenvalue weighted by atomic mass is 9.92. The first kappa shape index (κ1) is 21.9. The third-order valence-electron chi connectivity index (χ3n) is 5.34. The zero-order valence-electron chi connectivity index (χ0n) is 17.7. The number of hydrogen-bond donors (Lipinski definition) is 2. The largest absolute Gasteiger partial charge is 0.486 e. The van der Waals surface area contributed by atoms with Crippen LogP contribution >= 0.6 is 11.8 Å². The van der Waals surface area contributed by atoms with Gasteiger partial charge in [0.15, 0.2) is 11.0 Å². The van der Waals surface area contributed by atoms with E-state index in [2.05, 4.69) is 27.6 Å². The SMILES string of the molecule is Cn1c(COc2ccc3c(c2)CCCC3)nnc1SCC(=O)Nc1cccc(C(=O)O)c1. The summed E-state index contributed by atoms with van der Waals surface area (Å²) in [7, 11) is 1.84. The Morgan fingerprint density at radius 3 is 2.75 bits per heavy atom. The molecule has 0 fully saturated rings. The first-order chi connectivity index (χ1) is 15.5. The third-order valence-corrected chi connectivity index (χ3v) is 6.36. The minimum absolute atomic E-state index is 0.118. The molecule has 3 aromatic rings. The first-order valence-corrected chi connectivity index (χ1v) is 11.4. The molecule has 2 aromatic carbocycles. The third kappa shape index (κ3) is 5.28. The van der Waals surface area contributed by atoms with E-state index in [0.717, 1.165) is 18.6 Å². The highest BCUT2D eigenvalue weighted by Crippen LogP contribution is 2.26. The molecule has 0 saturated heterocycles. The topological polar surface area (TPSA) is 106 Å². The van der Waals surface area contributed by atoms with Gasteiger partial charge >= 0.3 is 5.97 Å². The number of carboxylic acids is 1. The molecule has 1 aliphatic carbocycles. The highest BCUT2D eigenvalue weighted by atomic mass is 32.2. The number of aromatic carboxylic acids is 1. The van der Waals surface area contributed by atoms with Crippen molar-refractivity contribution in [3.05, 3.63) is 65.0 Å².